The maximum absolute atomic E-state index is 12.2. The van der Waals surface area contributed by atoms with Gasteiger partial charge < -0.3 is 0 Å². The predicted octanol–water partition coefficient (Wildman–Crippen LogP) is 2.74. The van der Waals surface area contributed by atoms with E-state index in [1.165, 1.54) is 6.26 Å². The molecule has 0 saturated heterocycles. The van der Waals surface area contributed by atoms with Crippen LogP contribution in [0.4, 0.5) is 0 Å². The molecule has 0 saturated carbocycles. The molecule has 0 spiro atoms. The first-order valence-electron chi connectivity index (χ1n) is 5.47. The van der Waals surface area contributed by atoms with Gasteiger partial charge in [-0.3, -0.25) is 4.21 Å². The summed E-state index contributed by atoms with van der Waals surface area (Å²) < 4.78 is 34.6. The monoisotopic (exact) mass is 434 g/mol. The van der Waals surface area contributed by atoms with E-state index in [-0.39, 0.29) is 18.1 Å². The lowest BCUT2D eigenvalue weighted by Crippen LogP contribution is -2.36. The van der Waals surface area contributed by atoms with E-state index in [2.05, 4.69) is 0 Å². The number of halogens is 4. The van der Waals surface area contributed by atoms with Crippen molar-refractivity contribution in [3.63, 3.8) is 0 Å². The summed E-state index contributed by atoms with van der Waals surface area (Å²) in [5.74, 6) is -0.990. The van der Waals surface area contributed by atoms with E-state index < -0.39 is 35.2 Å². The number of nitriles is 1. The number of nitrogens with zero attached hydrogens (tertiary/aromatic N) is 2. The van der Waals surface area contributed by atoms with Gasteiger partial charge in [-0.15, -0.1) is 26.9 Å². The van der Waals surface area contributed by atoms with Crippen LogP contribution in [-0.2, 0) is 20.8 Å². The first-order chi connectivity index (χ1) is 9.42. The molecular formula is C9H14Cl4N2O3S3. The van der Waals surface area contributed by atoms with Crippen molar-refractivity contribution in [2.24, 2.45) is 5.92 Å². The quantitative estimate of drug-likeness (QED) is 0.411. The second-order valence-corrected chi connectivity index (χ2v) is 12.1. The first kappa shape index (κ1) is 22.1. The van der Waals surface area contributed by atoms with Crippen molar-refractivity contribution in [1.82, 2.24) is 3.71 Å². The van der Waals surface area contributed by atoms with Crippen LogP contribution in [0, 0.1) is 17.2 Å². The summed E-state index contributed by atoms with van der Waals surface area (Å²) >= 11 is 23.5. The molecule has 2 atom stereocenters. The van der Waals surface area contributed by atoms with E-state index >= 15 is 0 Å². The maximum atomic E-state index is 12.2. The van der Waals surface area contributed by atoms with E-state index in [1.807, 2.05) is 6.07 Å². The third kappa shape index (κ3) is 8.47. The zero-order chi connectivity index (χ0) is 16.8. The van der Waals surface area contributed by atoms with Crippen molar-refractivity contribution in [1.29, 1.82) is 5.26 Å². The van der Waals surface area contributed by atoms with E-state index in [9.17, 15) is 12.6 Å². The summed E-state index contributed by atoms with van der Waals surface area (Å²) in [4.78, 5) is -1.25. The second kappa shape index (κ2) is 9.38. The van der Waals surface area contributed by atoms with Gasteiger partial charge in [-0.05, 0) is 18.9 Å². The SMILES string of the molecule is CC(C#N)CN(SC(Cl)(Cl)C(Cl)Cl)S(=O)(=O)CCS(C)=O. The zero-order valence-corrected chi connectivity index (χ0v) is 16.6. The van der Waals surface area contributed by atoms with E-state index in [4.69, 9.17) is 51.7 Å². The Morgan fingerprint density at radius 3 is 2.33 bits per heavy atom. The molecule has 0 N–H and O–H groups in total. The van der Waals surface area contributed by atoms with Gasteiger partial charge in [-0.1, -0.05) is 23.2 Å². The Bertz CT molecular complexity index is 507. The number of rotatable bonds is 9. The van der Waals surface area contributed by atoms with Crippen LogP contribution in [-0.4, -0.2) is 49.1 Å². The van der Waals surface area contributed by atoms with Gasteiger partial charge in [-0.2, -0.15) is 5.26 Å². The summed E-state index contributed by atoms with van der Waals surface area (Å²) in [6.07, 6.45) is 1.39. The van der Waals surface area contributed by atoms with Crippen molar-refractivity contribution < 1.29 is 12.6 Å². The van der Waals surface area contributed by atoms with Crippen molar-refractivity contribution in [2.75, 3.05) is 24.3 Å². The Labute approximate surface area is 151 Å². The maximum Gasteiger partial charge on any atom is 0.224 e. The lowest BCUT2D eigenvalue weighted by atomic mass is 10.2. The smallest absolute Gasteiger partial charge is 0.224 e. The number of alkyl halides is 4. The second-order valence-electron chi connectivity index (χ2n) is 4.06. The highest BCUT2D eigenvalue weighted by atomic mass is 35.5. The molecule has 21 heavy (non-hydrogen) atoms. The standard InChI is InChI=1S/C9H14Cl4N2O3S3/c1-7(5-14)6-15(19-9(12,13)8(10)11)21(17,18)4-3-20(2)16/h7-8H,3-4,6H2,1-2H3. The molecule has 0 fully saturated rings. The van der Waals surface area contributed by atoms with Crippen molar-refractivity contribution >= 4 is 79.2 Å². The number of hydrogen-bond acceptors (Lipinski definition) is 5. The molecule has 0 aliphatic carbocycles. The molecule has 2 unspecified atom stereocenters. The van der Waals surface area contributed by atoms with Crippen molar-refractivity contribution in [2.45, 2.75) is 15.4 Å². The molecule has 0 radical (unpaired) electrons. The van der Waals surface area contributed by atoms with Gasteiger partial charge in [0.1, 0.15) is 0 Å². The number of hydrogen-bond donors (Lipinski definition) is 0. The molecule has 5 nitrogen and oxygen atoms in total. The minimum atomic E-state index is -3.82. The number of sulfonamides is 1. The molecule has 0 heterocycles. The molecular weight excluding hydrogens is 422 g/mol. The predicted molar refractivity (Wildman–Crippen MR) is 91.7 cm³/mol. The van der Waals surface area contributed by atoms with Crippen LogP contribution in [0.15, 0.2) is 0 Å². The Balaban J connectivity index is 5.23. The van der Waals surface area contributed by atoms with E-state index in [0.29, 0.717) is 11.9 Å². The molecule has 0 amide bonds. The molecule has 12 heteroatoms. The Morgan fingerprint density at radius 1 is 1.43 bits per heavy atom. The summed E-state index contributed by atoms with van der Waals surface area (Å²) in [6.45, 7) is 1.41. The molecule has 0 bridgehead atoms. The average Bonchev–Trinajstić information content (AvgIpc) is 2.35. The molecule has 0 rings (SSSR count). The summed E-state index contributed by atoms with van der Waals surface area (Å²) in [6, 6.07) is 1.92. The van der Waals surface area contributed by atoms with Gasteiger partial charge in [0.25, 0.3) is 0 Å². The van der Waals surface area contributed by atoms with Crippen molar-refractivity contribution in [3.05, 3.63) is 0 Å². The van der Waals surface area contributed by atoms with Gasteiger partial charge >= 0.3 is 0 Å². The topological polar surface area (TPSA) is 78.2 Å². The lowest BCUT2D eigenvalue weighted by molar-refractivity contribution is 0.517. The van der Waals surface area contributed by atoms with Gasteiger partial charge in [0, 0.05) is 29.4 Å². The van der Waals surface area contributed by atoms with Crippen LogP contribution in [0.1, 0.15) is 6.92 Å². The fraction of sp³-hybridized carbons (Fsp3) is 0.889. The van der Waals surface area contributed by atoms with Crippen LogP contribution in [0.25, 0.3) is 0 Å². The van der Waals surface area contributed by atoms with Gasteiger partial charge in [0.2, 0.25) is 13.7 Å². The van der Waals surface area contributed by atoms with Crippen molar-refractivity contribution in [3.8, 4) is 6.07 Å². The lowest BCUT2D eigenvalue weighted by Gasteiger charge is -2.28. The normalized spacial score (nSPS) is 16.0. The van der Waals surface area contributed by atoms with E-state index in [1.54, 1.807) is 6.92 Å². The largest absolute Gasteiger partial charge is 0.260 e. The molecule has 0 aliphatic heterocycles. The molecule has 0 aromatic carbocycles. The Kier molecular flexibility index (Phi) is 9.85. The highest BCUT2D eigenvalue weighted by Crippen LogP contribution is 2.45. The van der Waals surface area contributed by atoms with Crippen LogP contribution < -0.4 is 0 Å². The molecule has 0 aromatic heterocycles. The zero-order valence-electron chi connectivity index (χ0n) is 11.1. The molecule has 0 aliphatic rings. The third-order valence-electron chi connectivity index (χ3n) is 2.06. The van der Waals surface area contributed by atoms with Gasteiger partial charge in [0.05, 0.1) is 17.7 Å². The van der Waals surface area contributed by atoms with Gasteiger partial charge in [0.15, 0.2) is 4.84 Å². The molecule has 0 aromatic rings. The van der Waals surface area contributed by atoms with Crippen LogP contribution in [0.2, 0.25) is 0 Å². The van der Waals surface area contributed by atoms with Crippen LogP contribution >= 0.6 is 58.4 Å². The third-order valence-corrected chi connectivity index (χ3v) is 8.53. The van der Waals surface area contributed by atoms with Gasteiger partial charge in [-0.25, -0.2) is 8.42 Å². The Hall–Kier alpha value is 1.06. The fourth-order valence-corrected chi connectivity index (χ4v) is 6.07. The summed E-state index contributed by atoms with van der Waals surface area (Å²) in [7, 11) is -5.10. The summed E-state index contributed by atoms with van der Waals surface area (Å²) in [5, 5.41) is 8.83. The van der Waals surface area contributed by atoms with Crippen LogP contribution in [0.3, 0.4) is 0 Å². The minimum Gasteiger partial charge on any atom is -0.260 e. The van der Waals surface area contributed by atoms with Crippen LogP contribution in [0.5, 0.6) is 0 Å². The highest BCUT2D eigenvalue weighted by Gasteiger charge is 2.40. The minimum absolute atomic E-state index is 0.0386. The average molecular weight is 436 g/mol. The first-order valence-corrected chi connectivity index (χ1v) is 11.2. The summed E-state index contributed by atoms with van der Waals surface area (Å²) in [5.41, 5.74) is 0. The highest BCUT2D eigenvalue weighted by molar-refractivity contribution is 8.11. The fourth-order valence-electron chi connectivity index (χ4n) is 0.972. The van der Waals surface area contributed by atoms with E-state index in [0.717, 1.165) is 3.71 Å². The molecule has 124 valence electrons. The Morgan fingerprint density at radius 2 is 1.95 bits per heavy atom.